The summed E-state index contributed by atoms with van der Waals surface area (Å²) in [6.07, 6.45) is 9.40. The number of ether oxygens (including phenoxy) is 2. The van der Waals surface area contributed by atoms with Crippen molar-refractivity contribution in [1.29, 1.82) is 0 Å². The first-order valence-corrected chi connectivity index (χ1v) is 21.9. The summed E-state index contributed by atoms with van der Waals surface area (Å²) in [6.45, 7) is 11.1. The van der Waals surface area contributed by atoms with Crippen LogP contribution >= 0.6 is 0 Å². The maximum absolute atomic E-state index is 15.7. The number of hydrogen-bond donors (Lipinski definition) is 2. The van der Waals surface area contributed by atoms with E-state index < -0.39 is 34.3 Å². The van der Waals surface area contributed by atoms with Crippen LogP contribution in [0.1, 0.15) is 91.6 Å². The topological polar surface area (TPSA) is 134 Å². The summed E-state index contributed by atoms with van der Waals surface area (Å²) >= 11 is 0. The second-order valence-electron chi connectivity index (χ2n) is 17.3. The molecular weight excluding hydrogens is 787 g/mol. The van der Waals surface area contributed by atoms with Crippen molar-refractivity contribution in [1.82, 2.24) is 29.6 Å². The average Bonchev–Trinajstić information content (AvgIpc) is 3.24. The molecule has 0 bridgehead atoms. The Morgan fingerprint density at radius 3 is 1.34 bits per heavy atom. The zero-order valence-corrected chi connectivity index (χ0v) is 35.8. The van der Waals surface area contributed by atoms with Crippen LogP contribution in [-0.4, -0.2) is 124 Å². The first kappa shape index (κ1) is 42.5. The number of halogens is 2. The zero-order chi connectivity index (χ0) is 42.9. The molecule has 0 saturated carbocycles. The van der Waals surface area contributed by atoms with E-state index in [2.05, 4.69) is 20.4 Å². The second-order valence-corrected chi connectivity index (χ2v) is 17.3. The highest BCUT2D eigenvalue weighted by Crippen LogP contribution is 2.43. The van der Waals surface area contributed by atoms with Gasteiger partial charge in [0.1, 0.15) is 35.7 Å². The summed E-state index contributed by atoms with van der Waals surface area (Å²) in [7, 11) is 4.07. The molecule has 0 spiro atoms. The summed E-state index contributed by atoms with van der Waals surface area (Å²) in [4.78, 5) is 62.1. The predicted molar refractivity (Wildman–Crippen MR) is 233 cm³/mol. The van der Waals surface area contributed by atoms with E-state index in [0.29, 0.717) is 86.4 Å². The second kappa shape index (κ2) is 18.0. The Balaban J connectivity index is 0.789. The number of piperazine rings is 2. The Bertz CT molecular complexity index is 2270. The highest BCUT2D eigenvalue weighted by molar-refractivity contribution is 6.01. The molecule has 16 heteroatoms. The van der Waals surface area contributed by atoms with Crippen molar-refractivity contribution in [3.8, 4) is 11.5 Å². The van der Waals surface area contributed by atoms with E-state index in [-0.39, 0.29) is 34.0 Å². The van der Waals surface area contributed by atoms with Crippen molar-refractivity contribution >= 4 is 45.0 Å². The highest BCUT2D eigenvalue weighted by Gasteiger charge is 2.33. The molecule has 4 aromatic rings. The van der Waals surface area contributed by atoms with E-state index in [9.17, 15) is 19.2 Å². The minimum atomic E-state index is -0.520. The van der Waals surface area contributed by atoms with Crippen LogP contribution < -0.4 is 40.8 Å². The van der Waals surface area contributed by atoms with Crippen molar-refractivity contribution in [3.63, 3.8) is 0 Å². The van der Waals surface area contributed by atoms with Crippen LogP contribution in [0.4, 0.5) is 20.2 Å². The van der Waals surface area contributed by atoms with Gasteiger partial charge < -0.3 is 48.8 Å². The van der Waals surface area contributed by atoms with Crippen molar-refractivity contribution in [2.75, 3.05) is 103 Å². The lowest BCUT2D eigenvalue weighted by Gasteiger charge is -2.37. The van der Waals surface area contributed by atoms with Gasteiger partial charge in [-0.3, -0.25) is 19.2 Å². The molecule has 61 heavy (non-hydrogen) atoms. The number of carbonyl (C=O) groups excluding carboxylic acids is 2. The van der Waals surface area contributed by atoms with E-state index in [4.69, 9.17) is 9.47 Å². The first-order valence-electron chi connectivity index (χ1n) is 21.9. The van der Waals surface area contributed by atoms with Crippen LogP contribution in [0.25, 0.3) is 21.8 Å². The normalized spacial score (nSPS) is 19.2. The number of unbranched alkanes of at least 4 members (excludes halogenated alkanes) is 6. The maximum Gasteiger partial charge on any atom is 0.256 e. The van der Waals surface area contributed by atoms with Crippen molar-refractivity contribution in [2.45, 2.75) is 70.9 Å². The molecule has 2 atom stereocenters. The molecule has 0 radical (unpaired) electrons. The van der Waals surface area contributed by atoms with Gasteiger partial charge in [-0.2, -0.15) is 0 Å². The van der Waals surface area contributed by atoms with Crippen molar-refractivity contribution < 1.29 is 27.8 Å². The Morgan fingerprint density at radius 2 is 0.967 bits per heavy atom. The Labute approximate surface area is 354 Å². The molecule has 4 aliphatic rings. The fourth-order valence-electron chi connectivity index (χ4n) is 9.12. The molecule has 2 aromatic heterocycles. The van der Waals surface area contributed by atoms with Crippen LogP contribution in [0.3, 0.4) is 0 Å². The first-order chi connectivity index (χ1) is 29.4. The van der Waals surface area contributed by atoms with E-state index in [1.165, 1.54) is 12.1 Å². The zero-order valence-electron chi connectivity index (χ0n) is 35.8. The number of hydrogen-bond acceptors (Lipinski definition) is 10. The third kappa shape index (κ3) is 8.40. The smallest absolute Gasteiger partial charge is 0.256 e. The average molecular weight is 845 g/mol. The van der Waals surface area contributed by atoms with Crippen molar-refractivity contribution in [3.05, 3.63) is 67.7 Å². The Kier molecular flexibility index (Phi) is 12.5. The third-order valence-electron chi connectivity index (χ3n) is 12.8. The number of carbonyl (C=O) groups is 2. The number of anilines is 2. The van der Waals surface area contributed by atoms with Gasteiger partial charge in [0.15, 0.2) is 23.1 Å². The van der Waals surface area contributed by atoms with Crippen LogP contribution in [0, 0.1) is 11.6 Å². The lowest BCUT2D eigenvalue weighted by Crippen LogP contribution is -2.45. The molecule has 6 heterocycles. The highest BCUT2D eigenvalue weighted by atomic mass is 19.1. The molecule has 14 nitrogen and oxygen atoms in total. The van der Waals surface area contributed by atoms with E-state index in [1.54, 1.807) is 12.4 Å². The van der Waals surface area contributed by atoms with Gasteiger partial charge in [0, 0.05) is 77.8 Å². The number of rotatable bonds is 14. The molecule has 8 rings (SSSR count). The monoisotopic (exact) mass is 844 g/mol. The van der Waals surface area contributed by atoms with Crippen molar-refractivity contribution in [2.24, 2.45) is 0 Å². The van der Waals surface area contributed by atoms with Gasteiger partial charge in [-0.1, -0.05) is 32.1 Å². The summed E-state index contributed by atoms with van der Waals surface area (Å²) < 4.78 is 47.3. The van der Waals surface area contributed by atoms with Crippen LogP contribution in [0.5, 0.6) is 11.5 Å². The summed E-state index contributed by atoms with van der Waals surface area (Å²) in [5.74, 6) is -1.24. The number of pyridine rings is 2. The number of aromatic nitrogens is 2. The number of amides is 2. The Hall–Kier alpha value is -5.22. The fourth-order valence-corrected chi connectivity index (χ4v) is 9.12. The van der Waals surface area contributed by atoms with Gasteiger partial charge in [-0.05, 0) is 52.9 Å². The quantitative estimate of drug-likeness (QED) is 0.169. The predicted octanol–water partition coefficient (Wildman–Crippen LogP) is 4.90. The van der Waals surface area contributed by atoms with E-state index >= 15 is 8.78 Å². The number of nitrogens with zero attached hydrogens (tertiary/aromatic N) is 6. The van der Waals surface area contributed by atoms with Gasteiger partial charge in [-0.15, -0.1) is 0 Å². The number of nitrogens with one attached hydrogen (secondary N) is 2. The molecule has 4 aliphatic heterocycles. The molecule has 0 unspecified atom stereocenters. The molecule has 2 aromatic carbocycles. The minimum absolute atomic E-state index is 0.00556. The van der Waals surface area contributed by atoms with E-state index in [0.717, 1.165) is 71.1 Å². The van der Waals surface area contributed by atoms with Gasteiger partial charge >= 0.3 is 0 Å². The molecule has 0 aliphatic carbocycles. The van der Waals surface area contributed by atoms with Gasteiger partial charge in [0.25, 0.3) is 11.8 Å². The molecule has 328 valence electrons. The summed E-state index contributed by atoms with van der Waals surface area (Å²) in [5.41, 5.74) is 0.784. The molecule has 2 fully saturated rings. The molecule has 2 N–H and O–H groups in total. The molecule has 2 amide bonds. The van der Waals surface area contributed by atoms with Gasteiger partial charge in [0.2, 0.25) is 10.9 Å². The van der Waals surface area contributed by atoms with Gasteiger partial charge in [0.05, 0.1) is 33.9 Å². The maximum atomic E-state index is 15.7. The van der Waals surface area contributed by atoms with Crippen LogP contribution in [0.15, 0.2) is 34.1 Å². The summed E-state index contributed by atoms with van der Waals surface area (Å²) in [5, 5.41) is 6.08. The lowest BCUT2D eigenvalue weighted by atomic mass is 10.0. The van der Waals surface area contributed by atoms with Gasteiger partial charge in [-0.25, -0.2) is 8.78 Å². The largest absolute Gasteiger partial charge is 0.487 e. The minimum Gasteiger partial charge on any atom is -0.487 e. The van der Waals surface area contributed by atoms with Crippen LogP contribution in [-0.2, 0) is 0 Å². The standard InChI is InChI=1S/C45H58F2N8O6/c1-28-26-60-42-36-30(22-34(46)38(42)52-18-14-50(3)15-19-52)40(56)32(24-54(28)36)44(58)48-12-10-8-6-5-7-9-11-13-49-45(59)33-25-55-29(2)27-61-43-37(55)31(41(33)57)23-35(47)39(43)53-20-16-51(4)17-21-53/h22-25,28-29H,5-21,26-27H2,1-4H3,(H,48,58)(H,49,59)/t28-,29-/m0/s1. The number of likely N-dealkylation sites (N-methyl/N-ethyl adjacent to an activating group) is 2. The fraction of sp³-hybridized carbons (Fsp3) is 0.556. The lowest BCUT2D eigenvalue weighted by molar-refractivity contribution is 0.0943. The molecular formula is C45H58F2N8O6. The van der Waals surface area contributed by atoms with Crippen LogP contribution in [0.2, 0.25) is 0 Å². The number of benzene rings is 2. The summed E-state index contributed by atoms with van der Waals surface area (Å²) in [6, 6.07) is 2.23. The Morgan fingerprint density at radius 1 is 0.607 bits per heavy atom. The molecule has 2 saturated heterocycles. The SMILES string of the molecule is C[C@H]1COc2c(N3CCN(C)CC3)c(F)cc3c(=O)c(C(=O)NCCCCCCCCCNC(=O)c4cn5c6c(c(N7CCN(C)CC7)c(F)cc6c4=O)OC[C@@H]5C)cn1c23. The van der Waals surface area contributed by atoms with E-state index in [1.807, 2.05) is 46.9 Å². The third-order valence-corrected chi connectivity index (χ3v) is 12.8.